The summed E-state index contributed by atoms with van der Waals surface area (Å²) in [7, 11) is 0. The molecular formula is C20H25NO. The second kappa shape index (κ2) is 7.79. The molecule has 0 bridgehead atoms. The maximum Gasteiger partial charge on any atom is 0.195 e. The van der Waals surface area contributed by atoms with E-state index in [1.807, 2.05) is 36.4 Å². The van der Waals surface area contributed by atoms with E-state index >= 15 is 0 Å². The molecule has 0 aliphatic heterocycles. The highest BCUT2D eigenvalue weighted by atomic mass is 16.1. The maximum absolute atomic E-state index is 12.8. The number of hydrogen-bond acceptors (Lipinski definition) is 2. The first-order valence-electron chi connectivity index (χ1n) is 8.18. The predicted molar refractivity (Wildman–Crippen MR) is 93.3 cm³/mol. The second-order valence-corrected chi connectivity index (χ2v) is 5.76. The van der Waals surface area contributed by atoms with E-state index in [-0.39, 0.29) is 5.78 Å². The number of rotatable bonds is 7. The van der Waals surface area contributed by atoms with Crippen LogP contribution in [0.4, 0.5) is 5.69 Å². The lowest BCUT2D eigenvalue weighted by atomic mass is 9.93. The van der Waals surface area contributed by atoms with Gasteiger partial charge in [0.25, 0.3) is 0 Å². The van der Waals surface area contributed by atoms with Gasteiger partial charge in [-0.05, 0) is 36.5 Å². The molecular weight excluding hydrogens is 270 g/mol. The van der Waals surface area contributed by atoms with E-state index in [1.54, 1.807) is 0 Å². The molecule has 2 aromatic carbocycles. The van der Waals surface area contributed by atoms with Crippen LogP contribution in [0.15, 0.2) is 42.5 Å². The van der Waals surface area contributed by atoms with E-state index in [1.165, 1.54) is 5.56 Å². The summed E-state index contributed by atoms with van der Waals surface area (Å²) in [6, 6.07) is 13.5. The summed E-state index contributed by atoms with van der Waals surface area (Å²) in [4.78, 5) is 12.8. The van der Waals surface area contributed by atoms with Crippen molar-refractivity contribution in [3.8, 4) is 0 Å². The molecule has 0 atom stereocenters. The summed E-state index contributed by atoms with van der Waals surface area (Å²) in [5.74, 6) is 0.0220. The number of nitrogen functional groups attached to an aromatic ring is 1. The Kier molecular flexibility index (Phi) is 5.76. The Bertz CT molecular complexity index is 632. The third kappa shape index (κ3) is 3.76. The highest BCUT2D eigenvalue weighted by Gasteiger charge is 2.16. The molecule has 0 heterocycles. The zero-order chi connectivity index (χ0) is 15.9. The van der Waals surface area contributed by atoms with Crippen LogP contribution in [0, 0.1) is 0 Å². The molecule has 2 N–H and O–H groups in total. The molecule has 2 rings (SSSR count). The number of carbonyl (C=O) groups excluding carboxylic acids is 1. The van der Waals surface area contributed by atoms with Crippen molar-refractivity contribution in [2.45, 2.75) is 46.0 Å². The predicted octanol–water partition coefficient (Wildman–Crippen LogP) is 4.79. The van der Waals surface area contributed by atoms with Crippen molar-refractivity contribution in [1.82, 2.24) is 0 Å². The number of anilines is 1. The van der Waals surface area contributed by atoms with Gasteiger partial charge in [0, 0.05) is 16.8 Å². The minimum atomic E-state index is 0.0220. The van der Waals surface area contributed by atoms with Crippen LogP contribution in [-0.2, 0) is 12.8 Å². The molecule has 22 heavy (non-hydrogen) atoms. The van der Waals surface area contributed by atoms with Crippen molar-refractivity contribution in [2.75, 3.05) is 5.73 Å². The van der Waals surface area contributed by atoms with E-state index in [0.717, 1.165) is 37.7 Å². The molecule has 0 saturated carbocycles. The van der Waals surface area contributed by atoms with Crippen LogP contribution in [0.2, 0.25) is 0 Å². The van der Waals surface area contributed by atoms with Crippen LogP contribution in [0.3, 0.4) is 0 Å². The van der Waals surface area contributed by atoms with Crippen LogP contribution >= 0.6 is 0 Å². The number of carbonyl (C=O) groups is 1. The summed E-state index contributed by atoms with van der Waals surface area (Å²) >= 11 is 0. The Morgan fingerprint density at radius 3 is 2.36 bits per heavy atom. The molecule has 2 nitrogen and oxygen atoms in total. The minimum Gasteiger partial charge on any atom is -0.398 e. The fourth-order valence-electron chi connectivity index (χ4n) is 2.71. The van der Waals surface area contributed by atoms with Gasteiger partial charge in [-0.15, -0.1) is 0 Å². The summed E-state index contributed by atoms with van der Waals surface area (Å²) in [6.07, 6.45) is 5.23. The molecule has 0 fully saturated rings. The van der Waals surface area contributed by atoms with Crippen LogP contribution in [0.5, 0.6) is 0 Å². The number of ketones is 1. The fraction of sp³-hybridized carbons (Fsp3) is 0.350. The summed E-state index contributed by atoms with van der Waals surface area (Å²) in [5.41, 5.74) is 10.6. The molecule has 116 valence electrons. The first kappa shape index (κ1) is 16.3. The van der Waals surface area contributed by atoms with Crippen LogP contribution in [0.25, 0.3) is 0 Å². The van der Waals surface area contributed by atoms with Gasteiger partial charge in [-0.1, -0.05) is 63.1 Å². The van der Waals surface area contributed by atoms with Crippen LogP contribution < -0.4 is 5.73 Å². The number of benzene rings is 2. The monoisotopic (exact) mass is 295 g/mol. The Balaban J connectivity index is 2.44. The van der Waals surface area contributed by atoms with Gasteiger partial charge in [0.15, 0.2) is 5.78 Å². The number of aryl methyl sites for hydroxylation is 2. The molecule has 0 amide bonds. The lowest BCUT2D eigenvalue weighted by Crippen LogP contribution is -2.09. The van der Waals surface area contributed by atoms with Crippen molar-refractivity contribution in [3.63, 3.8) is 0 Å². The number of unbranched alkanes of at least 4 members (excludes halogenated alkanes) is 1. The molecule has 0 unspecified atom stereocenters. The topological polar surface area (TPSA) is 43.1 Å². The number of nitrogens with two attached hydrogens (primary N) is 1. The average Bonchev–Trinajstić information content (AvgIpc) is 2.55. The molecule has 0 saturated heterocycles. The summed E-state index contributed by atoms with van der Waals surface area (Å²) in [6.45, 7) is 4.32. The standard InChI is InChI=1S/C20H25NO/c1-3-5-10-15-13-17(9-4-2)19(21)18(14-15)20(22)16-11-7-6-8-12-16/h6-8,11-14H,3-5,9-10,21H2,1-2H3. The second-order valence-electron chi connectivity index (χ2n) is 5.76. The van der Waals surface area contributed by atoms with Crippen molar-refractivity contribution < 1.29 is 4.79 Å². The van der Waals surface area contributed by atoms with E-state index in [0.29, 0.717) is 16.8 Å². The quantitative estimate of drug-likeness (QED) is 0.589. The highest BCUT2D eigenvalue weighted by Crippen LogP contribution is 2.25. The van der Waals surface area contributed by atoms with Crippen LogP contribution in [-0.4, -0.2) is 5.78 Å². The van der Waals surface area contributed by atoms with Crippen LogP contribution in [0.1, 0.15) is 60.2 Å². The Hall–Kier alpha value is -2.09. The third-order valence-corrected chi connectivity index (χ3v) is 3.94. The molecule has 2 heteroatoms. The highest BCUT2D eigenvalue weighted by molar-refractivity contribution is 6.12. The SMILES string of the molecule is CCCCc1cc(CCC)c(N)c(C(=O)c2ccccc2)c1. The first-order valence-corrected chi connectivity index (χ1v) is 8.18. The summed E-state index contributed by atoms with van der Waals surface area (Å²) in [5, 5.41) is 0. The van der Waals surface area contributed by atoms with Gasteiger partial charge < -0.3 is 5.73 Å². The smallest absolute Gasteiger partial charge is 0.195 e. The molecule has 2 aromatic rings. The Labute approximate surface area is 133 Å². The zero-order valence-electron chi connectivity index (χ0n) is 13.6. The molecule has 0 aliphatic carbocycles. The van der Waals surface area contributed by atoms with Gasteiger partial charge in [0.05, 0.1) is 0 Å². The van der Waals surface area contributed by atoms with Gasteiger partial charge in [-0.3, -0.25) is 4.79 Å². The van der Waals surface area contributed by atoms with Crippen molar-refractivity contribution in [2.24, 2.45) is 0 Å². The zero-order valence-corrected chi connectivity index (χ0v) is 13.6. The molecule has 0 radical (unpaired) electrons. The molecule has 0 aliphatic rings. The van der Waals surface area contributed by atoms with Crippen molar-refractivity contribution in [1.29, 1.82) is 0 Å². The fourth-order valence-corrected chi connectivity index (χ4v) is 2.71. The van der Waals surface area contributed by atoms with Gasteiger partial charge in [-0.25, -0.2) is 0 Å². The maximum atomic E-state index is 12.8. The number of hydrogen-bond donors (Lipinski definition) is 1. The van der Waals surface area contributed by atoms with Gasteiger partial charge in [-0.2, -0.15) is 0 Å². The van der Waals surface area contributed by atoms with E-state index in [9.17, 15) is 4.79 Å². The lowest BCUT2D eigenvalue weighted by molar-refractivity contribution is 0.103. The van der Waals surface area contributed by atoms with E-state index in [4.69, 9.17) is 5.73 Å². The van der Waals surface area contributed by atoms with Gasteiger partial charge in [0.1, 0.15) is 0 Å². The first-order chi connectivity index (χ1) is 10.7. The van der Waals surface area contributed by atoms with Crippen molar-refractivity contribution in [3.05, 3.63) is 64.7 Å². The molecule has 0 spiro atoms. The Morgan fingerprint density at radius 1 is 1.00 bits per heavy atom. The van der Waals surface area contributed by atoms with E-state index < -0.39 is 0 Å². The average molecular weight is 295 g/mol. The Morgan fingerprint density at radius 2 is 1.73 bits per heavy atom. The normalized spacial score (nSPS) is 10.6. The van der Waals surface area contributed by atoms with Gasteiger partial charge in [0.2, 0.25) is 0 Å². The third-order valence-electron chi connectivity index (χ3n) is 3.94. The molecule has 0 aromatic heterocycles. The largest absolute Gasteiger partial charge is 0.398 e. The lowest BCUT2D eigenvalue weighted by Gasteiger charge is -2.13. The van der Waals surface area contributed by atoms with Gasteiger partial charge >= 0.3 is 0 Å². The summed E-state index contributed by atoms with van der Waals surface area (Å²) < 4.78 is 0. The minimum absolute atomic E-state index is 0.0220. The van der Waals surface area contributed by atoms with Crippen molar-refractivity contribution >= 4 is 11.5 Å². The van der Waals surface area contributed by atoms with E-state index in [2.05, 4.69) is 19.9 Å².